The van der Waals surface area contributed by atoms with Crippen LogP contribution in [-0.4, -0.2) is 49.3 Å². The summed E-state index contributed by atoms with van der Waals surface area (Å²) in [7, 11) is -4.38. The number of ether oxygens (including phenoxy) is 2. The molecule has 0 saturated heterocycles. The topological polar surface area (TPSA) is 134 Å². The first-order chi connectivity index (χ1) is 30.3. The molecule has 2 unspecified atom stereocenters. The molecule has 364 valence electrons. The largest absolute Gasteiger partial charge is 0.472 e. The first-order valence-electron chi connectivity index (χ1n) is 26.0. The Morgan fingerprint density at radius 1 is 0.500 bits per heavy atom. The summed E-state index contributed by atoms with van der Waals surface area (Å²) in [6.45, 7) is 3.64. The zero-order valence-electron chi connectivity index (χ0n) is 40.4. The fourth-order valence-electron chi connectivity index (χ4n) is 7.48. The number of phosphoric ester groups is 1. The molecule has 0 rings (SSSR count). The predicted octanol–water partition coefficient (Wildman–Crippen LogP) is 15.7. The molecule has 0 aliphatic rings. The highest BCUT2D eigenvalue weighted by molar-refractivity contribution is 7.47. The normalized spacial score (nSPS) is 13.4. The quantitative estimate of drug-likeness (QED) is 0.0265. The van der Waals surface area contributed by atoms with Crippen molar-refractivity contribution in [3.05, 3.63) is 36.5 Å². The molecule has 0 aliphatic heterocycles. The average molecular weight is 896 g/mol. The Bertz CT molecular complexity index is 1110. The second kappa shape index (κ2) is 48.7. The summed E-state index contributed by atoms with van der Waals surface area (Å²) in [6.07, 6.45) is 56.3. The lowest BCUT2D eigenvalue weighted by molar-refractivity contribution is -0.161. The van der Waals surface area contributed by atoms with Gasteiger partial charge in [0.25, 0.3) is 0 Å². The highest BCUT2D eigenvalue weighted by Crippen LogP contribution is 2.43. The molecule has 0 aromatic rings. The van der Waals surface area contributed by atoms with E-state index >= 15 is 0 Å². The molecule has 3 N–H and O–H groups in total. The lowest BCUT2D eigenvalue weighted by atomic mass is 10.0. The Balaban J connectivity index is 3.94. The van der Waals surface area contributed by atoms with Gasteiger partial charge in [-0.25, -0.2) is 4.57 Å². The molecule has 10 heteroatoms. The first kappa shape index (κ1) is 60.2. The molecular weight excluding hydrogens is 798 g/mol. The third-order valence-corrected chi connectivity index (χ3v) is 12.3. The van der Waals surface area contributed by atoms with E-state index in [0.717, 1.165) is 70.6 Å². The van der Waals surface area contributed by atoms with E-state index < -0.39 is 26.5 Å². The Hall–Kier alpha value is -1.77. The van der Waals surface area contributed by atoms with E-state index in [1.165, 1.54) is 148 Å². The van der Waals surface area contributed by atoms with Crippen molar-refractivity contribution in [2.24, 2.45) is 5.73 Å². The van der Waals surface area contributed by atoms with E-state index in [0.29, 0.717) is 6.42 Å². The number of hydrogen-bond acceptors (Lipinski definition) is 8. The molecule has 9 nitrogen and oxygen atoms in total. The van der Waals surface area contributed by atoms with Crippen LogP contribution in [0, 0.1) is 0 Å². The van der Waals surface area contributed by atoms with Crippen molar-refractivity contribution in [2.75, 3.05) is 26.4 Å². The molecule has 62 heavy (non-hydrogen) atoms. The molecule has 0 heterocycles. The SMILES string of the molecule is CC/C=C\C/C=C\C/C=C\CCCCCCCC(=O)OC(COC(=O)CCCCCCCCCCCCCCCCCCCCCCCCCCCC)COP(=O)(O)OCCN. The lowest BCUT2D eigenvalue weighted by Gasteiger charge is -2.19. The second-order valence-corrected chi connectivity index (χ2v) is 18.8. The molecular formula is C52H98NO8P. The van der Waals surface area contributed by atoms with Crippen LogP contribution in [0.25, 0.3) is 0 Å². The van der Waals surface area contributed by atoms with Crippen LogP contribution in [0.2, 0.25) is 0 Å². The molecule has 0 amide bonds. The zero-order valence-corrected chi connectivity index (χ0v) is 41.3. The number of esters is 2. The van der Waals surface area contributed by atoms with Gasteiger partial charge in [0.05, 0.1) is 13.2 Å². The van der Waals surface area contributed by atoms with Crippen LogP contribution < -0.4 is 5.73 Å². The monoisotopic (exact) mass is 896 g/mol. The van der Waals surface area contributed by atoms with Crippen LogP contribution in [0.4, 0.5) is 0 Å². The van der Waals surface area contributed by atoms with Crippen molar-refractivity contribution in [3.8, 4) is 0 Å². The average Bonchev–Trinajstić information content (AvgIpc) is 3.26. The van der Waals surface area contributed by atoms with Crippen LogP contribution >= 0.6 is 7.82 Å². The van der Waals surface area contributed by atoms with E-state index in [4.69, 9.17) is 24.3 Å². The Morgan fingerprint density at radius 2 is 0.887 bits per heavy atom. The summed E-state index contributed by atoms with van der Waals surface area (Å²) in [5.41, 5.74) is 5.36. The second-order valence-electron chi connectivity index (χ2n) is 17.4. The van der Waals surface area contributed by atoms with Crippen LogP contribution in [0.15, 0.2) is 36.5 Å². The summed E-state index contributed by atoms with van der Waals surface area (Å²) in [5, 5.41) is 0. The molecule has 2 atom stereocenters. The van der Waals surface area contributed by atoms with Gasteiger partial charge in [-0.1, -0.05) is 230 Å². The lowest BCUT2D eigenvalue weighted by Crippen LogP contribution is -2.29. The van der Waals surface area contributed by atoms with Crippen molar-refractivity contribution < 1.29 is 37.6 Å². The van der Waals surface area contributed by atoms with E-state index in [2.05, 4.69) is 50.3 Å². The van der Waals surface area contributed by atoms with E-state index in [-0.39, 0.29) is 38.6 Å². The highest BCUT2D eigenvalue weighted by atomic mass is 31.2. The van der Waals surface area contributed by atoms with Crippen molar-refractivity contribution in [1.29, 1.82) is 0 Å². The van der Waals surface area contributed by atoms with Crippen molar-refractivity contribution >= 4 is 19.8 Å². The summed E-state index contributed by atoms with van der Waals surface area (Å²) < 4.78 is 32.9. The third-order valence-electron chi connectivity index (χ3n) is 11.3. The highest BCUT2D eigenvalue weighted by Gasteiger charge is 2.26. The molecule has 0 aromatic carbocycles. The molecule has 0 saturated carbocycles. The molecule has 0 aliphatic carbocycles. The number of carbonyl (C=O) groups is 2. The van der Waals surface area contributed by atoms with Crippen LogP contribution in [-0.2, 0) is 32.7 Å². The number of phosphoric acid groups is 1. The zero-order chi connectivity index (χ0) is 45.3. The van der Waals surface area contributed by atoms with Gasteiger partial charge in [0.15, 0.2) is 6.10 Å². The van der Waals surface area contributed by atoms with Crippen LogP contribution in [0.5, 0.6) is 0 Å². The maximum atomic E-state index is 12.6. The molecule has 0 aromatic heterocycles. The van der Waals surface area contributed by atoms with Gasteiger partial charge < -0.3 is 20.1 Å². The number of allylic oxidation sites excluding steroid dienone is 6. The van der Waals surface area contributed by atoms with Crippen molar-refractivity contribution in [3.63, 3.8) is 0 Å². The van der Waals surface area contributed by atoms with Gasteiger partial charge in [0, 0.05) is 19.4 Å². The minimum absolute atomic E-state index is 0.0509. The Labute approximate surface area is 382 Å². The fraction of sp³-hybridized carbons (Fsp3) is 0.846. The Morgan fingerprint density at radius 3 is 1.32 bits per heavy atom. The van der Waals surface area contributed by atoms with Crippen molar-refractivity contribution in [2.45, 2.75) is 258 Å². The summed E-state index contributed by atoms with van der Waals surface area (Å²) in [6, 6.07) is 0. The summed E-state index contributed by atoms with van der Waals surface area (Å²) >= 11 is 0. The van der Waals surface area contributed by atoms with Gasteiger partial charge in [-0.15, -0.1) is 0 Å². The van der Waals surface area contributed by atoms with Gasteiger partial charge >= 0.3 is 19.8 Å². The third kappa shape index (κ3) is 47.7. The molecule has 0 spiro atoms. The van der Waals surface area contributed by atoms with Gasteiger partial charge in [-0.2, -0.15) is 0 Å². The number of hydrogen-bond donors (Lipinski definition) is 2. The van der Waals surface area contributed by atoms with Crippen LogP contribution in [0.3, 0.4) is 0 Å². The molecule has 0 bridgehead atoms. The number of carbonyl (C=O) groups excluding carboxylic acids is 2. The fourth-order valence-corrected chi connectivity index (χ4v) is 8.24. The van der Waals surface area contributed by atoms with Gasteiger partial charge in [-0.3, -0.25) is 18.6 Å². The minimum Gasteiger partial charge on any atom is -0.462 e. The number of unbranched alkanes of at least 4 members (excludes halogenated alkanes) is 30. The standard InChI is InChI=1S/C52H98NO8P/c1-3-5-7-9-11-13-15-17-19-20-21-22-23-24-25-26-27-28-29-31-32-34-36-38-40-42-44-51(54)58-48-50(49-60-62(56,57)59-47-46-53)61-52(55)45-43-41-39-37-35-33-30-18-16-14-12-10-8-6-4-2/h6,8,12,14,18,30,50H,3-5,7,9-11,13,15-17,19-29,31-49,53H2,1-2H3,(H,56,57)/b8-6-,14-12-,30-18-. The van der Waals surface area contributed by atoms with Crippen molar-refractivity contribution in [1.82, 2.24) is 0 Å². The van der Waals surface area contributed by atoms with E-state index in [1.807, 2.05) is 0 Å². The number of rotatable bonds is 49. The van der Waals surface area contributed by atoms with Gasteiger partial charge in [-0.05, 0) is 44.9 Å². The smallest absolute Gasteiger partial charge is 0.462 e. The number of nitrogens with two attached hydrogens (primary N) is 1. The molecule has 0 fully saturated rings. The maximum Gasteiger partial charge on any atom is 0.472 e. The summed E-state index contributed by atoms with van der Waals surface area (Å²) in [4.78, 5) is 35.0. The van der Waals surface area contributed by atoms with E-state index in [1.54, 1.807) is 0 Å². The van der Waals surface area contributed by atoms with Gasteiger partial charge in [0.2, 0.25) is 0 Å². The van der Waals surface area contributed by atoms with Crippen LogP contribution in [0.1, 0.15) is 251 Å². The van der Waals surface area contributed by atoms with E-state index in [9.17, 15) is 19.0 Å². The minimum atomic E-state index is -4.38. The molecule has 0 radical (unpaired) electrons. The van der Waals surface area contributed by atoms with Gasteiger partial charge in [0.1, 0.15) is 6.61 Å². The predicted molar refractivity (Wildman–Crippen MR) is 261 cm³/mol. The Kier molecular flexibility index (Phi) is 47.3. The summed E-state index contributed by atoms with van der Waals surface area (Å²) in [5.74, 6) is -0.838. The first-order valence-corrected chi connectivity index (χ1v) is 27.5. The maximum absolute atomic E-state index is 12.6.